The van der Waals surface area contributed by atoms with Gasteiger partial charge in [0.05, 0.1) is 5.41 Å². The van der Waals surface area contributed by atoms with Crippen LogP contribution in [0.3, 0.4) is 0 Å². The number of benzene rings is 3. The Kier molecular flexibility index (Phi) is 4.85. The monoisotopic (exact) mass is 428 g/mol. The summed E-state index contributed by atoms with van der Waals surface area (Å²) >= 11 is 0. The summed E-state index contributed by atoms with van der Waals surface area (Å²) in [5, 5.41) is 12.6. The van der Waals surface area contributed by atoms with E-state index < -0.39 is 17.5 Å². The van der Waals surface area contributed by atoms with Crippen LogP contribution in [-0.4, -0.2) is 29.8 Å². The first-order valence-electron chi connectivity index (χ1n) is 10.7. The third kappa shape index (κ3) is 3.28. The molecule has 0 spiro atoms. The van der Waals surface area contributed by atoms with Gasteiger partial charge in [-0.1, -0.05) is 60.7 Å². The third-order valence-electron chi connectivity index (χ3n) is 6.73. The van der Waals surface area contributed by atoms with E-state index in [-0.39, 0.29) is 18.6 Å². The number of anilines is 1. The molecule has 1 saturated carbocycles. The number of alkyl carbamates (subject to hydrolysis) is 1. The van der Waals surface area contributed by atoms with E-state index in [9.17, 15) is 14.7 Å². The predicted octanol–water partition coefficient (Wildman–Crippen LogP) is 4.29. The van der Waals surface area contributed by atoms with Crippen molar-refractivity contribution in [2.45, 2.75) is 30.2 Å². The van der Waals surface area contributed by atoms with Crippen molar-refractivity contribution in [2.75, 3.05) is 12.3 Å². The summed E-state index contributed by atoms with van der Waals surface area (Å²) in [5.74, 6) is -0.907. The molecular weight excluding hydrogens is 404 g/mol. The number of hydrogen-bond donors (Lipinski definition) is 3. The molecule has 3 aromatic carbocycles. The topological polar surface area (TPSA) is 102 Å². The lowest BCUT2D eigenvalue weighted by Crippen LogP contribution is -2.57. The van der Waals surface area contributed by atoms with Crippen LogP contribution in [0.5, 0.6) is 0 Å². The van der Waals surface area contributed by atoms with Gasteiger partial charge in [-0.2, -0.15) is 0 Å². The van der Waals surface area contributed by atoms with E-state index in [0.29, 0.717) is 24.1 Å². The molecule has 0 heterocycles. The van der Waals surface area contributed by atoms with Crippen molar-refractivity contribution in [2.24, 2.45) is 0 Å². The molecule has 6 heteroatoms. The highest BCUT2D eigenvalue weighted by Gasteiger charge is 2.52. The van der Waals surface area contributed by atoms with E-state index in [4.69, 9.17) is 10.5 Å². The lowest BCUT2D eigenvalue weighted by molar-refractivity contribution is -0.148. The second-order valence-electron chi connectivity index (χ2n) is 8.58. The average Bonchev–Trinajstić information content (AvgIpc) is 3.09. The fraction of sp³-hybridized carbons (Fsp3) is 0.231. The quantitative estimate of drug-likeness (QED) is 0.526. The highest BCUT2D eigenvalue weighted by molar-refractivity contribution is 5.84. The number of carboxylic acid groups (broad SMARTS) is 1. The van der Waals surface area contributed by atoms with E-state index in [1.165, 1.54) is 11.1 Å². The second kappa shape index (κ2) is 7.71. The van der Waals surface area contributed by atoms with Crippen LogP contribution in [0.4, 0.5) is 10.5 Å². The number of nitrogen functional groups attached to an aromatic ring is 1. The van der Waals surface area contributed by atoms with Crippen LogP contribution in [0.2, 0.25) is 0 Å². The number of nitrogens with one attached hydrogen (secondary N) is 1. The lowest BCUT2D eigenvalue weighted by Gasteiger charge is -2.44. The molecule has 0 atom stereocenters. The first-order valence-corrected chi connectivity index (χ1v) is 10.7. The number of hydrogen-bond acceptors (Lipinski definition) is 4. The number of amides is 1. The SMILES string of the molecule is Nc1ccc(C2(C(=O)O)CC(NC(=O)OCC3c4ccccc4-c4ccccc43)C2)cc1. The maximum absolute atomic E-state index is 12.5. The molecule has 0 aliphatic heterocycles. The van der Waals surface area contributed by atoms with Crippen LogP contribution in [0, 0.1) is 0 Å². The zero-order valence-electron chi connectivity index (χ0n) is 17.5. The highest BCUT2D eigenvalue weighted by atomic mass is 16.5. The molecule has 0 radical (unpaired) electrons. The molecular formula is C26H24N2O4. The number of carboxylic acids is 1. The molecule has 6 nitrogen and oxygen atoms in total. The molecule has 1 amide bonds. The molecule has 0 unspecified atom stereocenters. The Labute approximate surface area is 186 Å². The Hall–Kier alpha value is -3.80. The van der Waals surface area contributed by atoms with Crippen LogP contribution >= 0.6 is 0 Å². The molecule has 4 N–H and O–H groups in total. The van der Waals surface area contributed by atoms with Gasteiger partial charge in [0.1, 0.15) is 6.61 Å². The molecule has 32 heavy (non-hydrogen) atoms. The first kappa shape index (κ1) is 20.1. The lowest BCUT2D eigenvalue weighted by atomic mass is 9.61. The van der Waals surface area contributed by atoms with Crippen LogP contribution < -0.4 is 11.1 Å². The highest BCUT2D eigenvalue weighted by Crippen LogP contribution is 2.46. The molecule has 5 rings (SSSR count). The summed E-state index contributed by atoms with van der Waals surface area (Å²) in [6, 6.07) is 23.0. The van der Waals surface area contributed by atoms with Crippen molar-refractivity contribution in [1.82, 2.24) is 5.32 Å². The predicted molar refractivity (Wildman–Crippen MR) is 121 cm³/mol. The Morgan fingerprint density at radius 2 is 1.50 bits per heavy atom. The van der Waals surface area contributed by atoms with Crippen molar-refractivity contribution in [1.29, 1.82) is 0 Å². The Balaban J connectivity index is 1.22. The smallest absolute Gasteiger partial charge is 0.407 e. The van der Waals surface area contributed by atoms with Crippen LogP contribution in [0.1, 0.15) is 35.4 Å². The largest absolute Gasteiger partial charge is 0.481 e. The van der Waals surface area contributed by atoms with Gasteiger partial charge in [-0.25, -0.2) is 4.79 Å². The fourth-order valence-corrected chi connectivity index (χ4v) is 5.03. The van der Waals surface area contributed by atoms with Crippen LogP contribution in [-0.2, 0) is 14.9 Å². The molecule has 3 aromatic rings. The molecule has 2 aliphatic carbocycles. The first-order chi connectivity index (χ1) is 15.5. The zero-order chi connectivity index (χ0) is 22.3. The summed E-state index contributed by atoms with van der Waals surface area (Å²) in [6.45, 7) is 0.231. The molecule has 1 fully saturated rings. The molecule has 0 bridgehead atoms. The number of nitrogens with two attached hydrogens (primary N) is 1. The van der Waals surface area contributed by atoms with Gasteiger partial charge in [-0.15, -0.1) is 0 Å². The van der Waals surface area contributed by atoms with E-state index in [1.54, 1.807) is 24.3 Å². The molecule has 0 saturated heterocycles. The van der Waals surface area contributed by atoms with Crippen LogP contribution in [0.25, 0.3) is 11.1 Å². The van der Waals surface area contributed by atoms with Crippen molar-refractivity contribution in [3.8, 4) is 11.1 Å². The number of carbonyl (C=O) groups is 2. The molecule has 2 aliphatic rings. The normalized spacial score (nSPS) is 21.2. The average molecular weight is 428 g/mol. The van der Waals surface area contributed by atoms with Crippen LogP contribution in [0.15, 0.2) is 72.8 Å². The standard InChI is InChI=1S/C26H24N2O4/c27-17-11-9-16(10-12-17)26(24(29)30)13-18(14-26)28-25(31)32-15-23-21-7-3-1-5-19(21)20-6-2-4-8-22(20)23/h1-12,18,23H,13-15,27H2,(H,28,31)(H,29,30). The summed E-state index contributed by atoms with van der Waals surface area (Å²) in [6.07, 6.45) is 0.112. The number of carbonyl (C=O) groups excluding carboxylic acids is 1. The van der Waals surface area contributed by atoms with Gasteiger partial charge < -0.3 is 20.9 Å². The molecule has 0 aromatic heterocycles. The minimum Gasteiger partial charge on any atom is -0.481 e. The van der Waals surface area contributed by atoms with E-state index in [0.717, 1.165) is 11.1 Å². The van der Waals surface area contributed by atoms with Gasteiger partial charge in [0.25, 0.3) is 0 Å². The summed E-state index contributed by atoms with van der Waals surface area (Å²) in [4.78, 5) is 24.5. The van der Waals surface area contributed by atoms with Gasteiger partial charge in [0, 0.05) is 17.6 Å². The van der Waals surface area contributed by atoms with Gasteiger partial charge >= 0.3 is 12.1 Å². The van der Waals surface area contributed by atoms with Gasteiger partial charge in [-0.05, 0) is 52.8 Å². The van der Waals surface area contributed by atoms with E-state index in [2.05, 4.69) is 29.6 Å². The minimum absolute atomic E-state index is 0.0116. The van der Waals surface area contributed by atoms with E-state index in [1.807, 2.05) is 24.3 Å². The fourth-order valence-electron chi connectivity index (χ4n) is 5.03. The molecule has 162 valence electrons. The number of rotatable bonds is 5. The summed E-state index contributed by atoms with van der Waals surface area (Å²) in [5.41, 5.74) is 10.6. The van der Waals surface area contributed by atoms with Crippen molar-refractivity contribution >= 4 is 17.7 Å². The minimum atomic E-state index is -1.00. The Morgan fingerprint density at radius 1 is 0.938 bits per heavy atom. The summed E-state index contributed by atoms with van der Waals surface area (Å²) < 4.78 is 5.58. The second-order valence-corrected chi connectivity index (χ2v) is 8.58. The number of ether oxygens (including phenoxy) is 1. The van der Waals surface area contributed by atoms with Crippen molar-refractivity contribution in [3.05, 3.63) is 89.5 Å². The maximum Gasteiger partial charge on any atom is 0.407 e. The van der Waals surface area contributed by atoms with Crippen molar-refractivity contribution in [3.63, 3.8) is 0 Å². The van der Waals surface area contributed by atoms with Gasteiger partial charge in [-0.3, -0.25) is 4.79 Å². The Bertz CT molecular complexity index is 1140. The third-order valence-corrected chi connectivity index (χ3v) is 6.73. The zero-order valence-corrected chi connectivity index (χ0v) is 17.5. The number of fused-ring (bicyclic) bond motifs is 3. The van der Waals surface area contributed by atoms with Gasteiger partial charge in [0.2, 0.25) is 0 Å². The maximum atomic E-state index is 12.5. The summed E-state index contributed by atoms with van der Waals surface area (Å²) in [7, 11) is 0. The number of aliphatic carboxylic acids is 1. The van der Waals surface area contributed by atoms with Gasteiger partial charge in [0.15, 0.2) is 0 Å². The van der Waals surface area contributed by atoms with E-state index >= 15 is 0 Å². The van der Waals surface area contributed by atoms with Crippen molar-refractivity contribution < 1.29 is 19.4 Å². The Morgan fingerprint density at radius 3 is 2.06 bits per heavy atom.